The second kappa shape index (κ2) is 6.65. The highest BCUT2D eigenvalue weighted by atomic mass is 79.9. The van der Waals surface area contributed by atoms with E-state index in [4.69, 9.17) is 4.74 Å². The molecule has 1 aromatic heterocycles. The van der Waals surface area contributed by atoms with E-state index in [1.165, 1.54) is 7.11 Å². The van der Waals surface area contributed by atoms with Crippen LogP contribution in [-0.2, 0) is 9.53 Å². The molecule has 1 N–H and O–H groups in total. The van der Waals surface area contributed by atoms with Crippen LogP contribution in [0.5, 0.6) is 0 Å². The lowest BCUT2D eigenvalue weighted by Gasteiger charge is -2.27. The van der Waals surface area contributed by atoms with E-state index in [9.17, 15) is 4.79 Å². The van der Waals surface area contributed by atoms with Crippen molar-refractivity contribution < 1.29 is 9.53 Å². The van der Waals surface area contributed by atoms with Crippen LogP contribution in [0.25, 0.3) is 11.3 Å². The van der Waals surface area contributed by atoms with Crippen molar-refractivity contribution in [1.29, 1.82) is 0 Å². The third-order valence-electron chi connectivity index (χ3n) is 4.37. The monoisotopic (exact) mass is 362 g/mol. The minimum absolute atomic E-state index is 0.0809. The van der Waals surface area contributed by atoms with Gasteiger partial charge in [0.2, 0.25) is 0 Å². The summed E-state index contributed by atoms with van der Waals surface area (Å²) >= 11 is 3.44. The number of nitrogens with one attached hydrogen (secondary N) is 1. The Bertz CT molecular complexity index is 651. The Kier molecular flexibility index (Phi) is 4.62. The molecule has 1 aliphatic carbocycles. The molecule has 1 aromatic carbocycles. The second-order valence-corrected chi connectivity index (χ2v) is 6.63. The van der Waals surface area contributed by atoms with Gasteiger partial charge in [0, 0.05) is 10.4 Å². The molecule has 1 aliphatic rings. The van der Waals surface area contributed by atoms with Crippen molar-refractivity contribution >= 4 is 21.9 Å². The van der Waals surface area contributed by atoms with Gasteiger partial charge in [0.1, 0.15) is 5.82 Å². The standard InChI is InChI=1S/C17H19BrN2O2/c1-22-17(21)14-5-3-2-4-13(14)16-19-10-15(20-16)11-6-8-12(18)9-7-11/h6-10,13-14H,2-5H2,1H3,(H,19,20). The molecule has 1 fully saturated rings. The Morgan fingerprint density at radius 2 is 2.00 bits per heavy atom. The number of methoxy groups -OCH3 is 1. The predicted octanol–water partition coefficient (Wildman–Crippen LogP) is 4.29. The van der Waals surface area contributed by atoms with E-state index in [-0.39, 0.29) is 17.8 Å². The molecule has 3 rings (SSSR count). The van der Waals surface area contributed by atoms with Crippen molar-refractivity contribution in [3.8, 4) is 11.3 Å². The van der Waals surface area contributed by atoms with Crippen molar-refractivity contribution in [2.75, 3.05) is 7.11 Å². The topological polar surface area (TPSA) is 55.0 Å². The smallest absolute Gasteiger partial charge is 0.309 e. The van der Waals surface area contributed by atoms with E-state index >= 15 is 0 Å². The van der Waals surface area contributed by atoms with Crippen LogP contribution in [0.1, 0.15) is 37.4 Å². The van der Waals surface area contributed by atoms with Gasteiger partial charge in [-0.25, -0.2) is 4.98 Å². The molecule has 0 saturated heterocycles. The molecule has 0 spiro atoms. The number of hydrogen-bond donors (Lipinski definition) is 1. The van der Waals surface area contributed by atoms with E-state index in [1.54, 1.807) is 0 Å². The van der Waals surface area contributed by atoms with Gasteiger partial charge in [0.15, 0.2) is 0 Å². The summed E-state index contributed by atoms with van der Waals surface area (Å²) in [6.45, 7) is 0. The highest BCUT2D eigenvalue weighted by Gasteiger charge is 2.34. The zero-order valence-electron chi connectivity index (χ0n) is 12.5. The first-order valence-corrected chi connectivity index (χ1v) is 8.37. The normalized spacial score (nSPS) is 21.5. The number of esters is 1. The van der Waals surface area contributed by atoms with E-state index in [1.807, 2.05) is 30.5 Å². The SMILES string of the molecule is COC(=O)C1CCCCC1c1ncc(-c2ccc(Br)cc2)[nH]1. The van der Waals surface area contributed by atoms with Gasteiger partial charge in [-0.05, 0) is 30.5 Å². The number of nitrogens with zero attached hydrogens (tertiary/aromatic N) is 1. The molecule has 4 nitrogen and oxygen atoms in total. The zero-order valence-corrected chi connectivity index (χ0v) is 14.1. The number of H-pyrrole nitrogens is 1. The first kappa shape index (κ1) is 15.3. The van der Waals surface area contributed by atoms with E-state index in [0.717, 1.165) is 47.2 Å². The number of aromatic amines is 1. The van der Waals surface area contributed by atoms with E-state index < -0.39 is 0 Å². The molecule has 0 bridgehead atoms. The third kappa shape index (κ3) is 3.09. The van der Waals surface area contributed by atoms with Crippen molar-refractivity contribution in [2.24, 2.45) is 5.92 Å². The summed E-state index contributed by atoms with van der Waals surface area (Å²) in [7, 11) is 1.46. The van der Waals surface area contributed by atoms with Crippen LogP contribution in [0.15, 0.2) is 34.9 Å². The van der Waals surface area contributed by atoms with Crippen molar-refractivity contribution in [3.63, 3.8) is 0 Å². The molecule has 0 radical (unpaired) electrons. The molecule has 2 unspecified atom stereocenters. The molecule has 116 valence electrons. The first-order chi connectivity index (χ1) is 10.7. The average molecular weight is 363 g/mol. The van der Waals surface area contributed by atoms with Gasteiger partial charge >= 0.3 is 5.97 Å². The Morgan fingerprint density at radius 3 is 2.73 bits per heavy atom. The van der Waals surface area contributed by atoms with Crippen LogP contribution in [0.3, 0.4) is 0 Å². The number of aromatic nitrogens is 2. The lowest BCUT2D eigenvalue weighted by Crippen LogP contribution is -2.27. The number of halogens is 1. The van der Waals surface area contributed by atoms with Gasteiger partial charge in [-0.1, -0.05) is 40.9 Å². The maximum absolute atomic E-state index is 12.0. The highest BCUT2D eigenvalue weighted by molar-refractivity contribution is 9.10. The zero-order chi connectivity index (χ0) is 15.5. The number of rotatable bonds is 3. The molecule has 22 heavy (non-hydrogen) atoms. The maximum Gasteiger partial charge on any atom is 0.309 e. The van der Waals surface area contributed by atoms with Crippen LogP contribution in [0.2, 0.25) is 0 Å². The number of carbonyl (C=O) groups excluding carboxylic acids is 1. The molecular formula is C17H19BrN2O2. The molecule has 2 atom stereocenters. The fourth-order valence-corrected chi connectivity index (χ4v) is 3.46. The first-order valence-electron chi connectivity index (χ1n) is 7.57. The lowest BCUT2D eigenvalue weighted by atomic mass is 9.79. The van der Waals surface area contributed by atoms with Gasteiger partial charge < -0.3 is 9.72 Å². The Balaban J connectivity index is 1.85. The summed E-state index contributed by atoms with van der Waals surface area (Å²) in [5.74, 6) is 0.826. The van der Waals surface area contributed by atoms with Crippen LogP contribution in [-0.4, -0.2) is 23.0 Å². The molecule has 1 saturated carbocycles. The van der Waals surface area contributed by atoms with Crippen LogP contribution < -0.4 is 0 Å². The average Bonchev–Trinajstić information content (AvgIpc) is 3.04. The van der Waals surface area contributed by atoms with Crippen molar-refractivity contribution in [2.45, 2.75) is 31.6 Å². The van der Waals surface area contributed by atoms with Gasteiger partial charge in [-0.2, -0.15) is 0 Å². The molecule has 0 amide bonds. The molecule has 1 heterocycles. The molecule has 5 heteroatoms. The molecule has 0 aliphatic heterocycles. The van der Waals surface area contributed by atoms with Gasteiger partial charge in [0.25, 0.3) is 0 Å². The fraction of sp³-hybridized carbons (Fsp3) is 0.412. The third-order valence-corrected chi connectivity index (χ3v) is 4.90. The summed E-state index contributed by atoms with van der Waals surface area (Å²) < 4.78 is 6.01. The Hall–Kier alpha value is -1.62. The molecule has 2 aromatic rings. The Morgan fingerprint density at radius 1 is 1.27 bits per heavy atom. The van der Waals surface area contributed by atoms with Crippen molar-refractivity contribution in [3.05, 3.63) is 40.8 Å². The van der Waals surface area contributed by atoms with Crippen LogP contribution >= 0.6 is 15.9 Å². The van der Waals surface area contributed by atoms with Crippen LogP contribution in [0, 0.1) is 5.92 Å². The number of benzene rings is 1. The number of ether oxygens (including phenoxy) is 1. The highest BCUT2D eigenvalue weighted by Crippen LogP contribution is 2.37. The van der Waals surface area contributed by atoms with Crippen LogP contribution in [0.4, 0.5) is 0 Å². The lowest BCUT2D eigenvalue weighted by molar-refractivity contribution is -0.147. The summed E-state index contributed by atoms with van der Waals surface area (Å²) in [6.07, 6.45) is 5.92. The maximum atomic E-state index is 12.0. The number of imidazole rings is 1. The summed E-state index contributed by atoms with van der Waals surface area (Å²) in [5.41, 5.74) is 2.07. The summed E-state index contributed by atoms with van der Waals surface area (Å²) in [5, 5.41) is 0. The minimum Gasteiger partial charge on any atom is -0.469 e. The number of carbonyl (C=O) groups is 1. The van der Waals surface area contributed by atoms with Gasteiger partial charge in [-0.3, -0.25) is 4.79 Å². The fourth-order valence-electron chi connectivity index (χ4n) is 3.19. The largest absolute Gasteiger partial charge is 0.469 e. The molecular weight excluding hydrogens is 344 g/mol. The van der Waals surface area contributed by atoms with Crippen molar-refractivity contribution in [1.82, 2.24) is 9.97 Å². The predicted molar refractivity (Wildman–Crippen MR) is 88.4 cm³/mol. The number of hydrogen-bond acceptors (Lipinski definition) is 3. The van der Waals surface area contributed by atoms with E-state index in [0.29, 0.717) is 0 Å². The van der Waals surface area contributed by atoms with E-state index in [2.05, 4.69) is 25.9 Å². The van der Waals surface area contributed by atoms with Gasteiger partial charge in [-0.15, -0.1) is 0 Å². The quantitative estimate of drug-likeness (QED) is 0.828. The summed E-state index contributed by atoms with van der Waals surface area (Å²) in [4.78, 5) is 19.9. The van der Waals surface area contributed by atoms with Gasteiger partial charge in [0.05, 0.1) is 24.9 Å². The summed E-state index contributed by atoms with van der Waals surface area (Å²) in [6, 6.07) is 8.10. The minimum atomic E-state index is -0.119. The Labute approximate surface area is 138 Å². The second-order valence-electron chi connectivity index (χ2n) is 5.71.